The fourth-order valence-electron chi connectivity index (χ4n) is 3.15. The summed E-state index contributed by atoms with van der Waals surface area (Å²) in [7, 11) is 0. The summed E-state index contributed by atoms with van der Waals surface area (Å²) in [6.45, 7) is 1.92. The van der Waals surface area contributed by atoms with Crippen molar-refractivity contribution in [2.45, 2.75) is 44.6 Å². The standard InChI is InChI=1S/C14H21N3O/c1-13(16,11-5-9-17-10-6-11)14(12(15)18)7-3-2-4-8-14/h5-6,9-10H,2-4,7-8,16H2,1H3,(H2,15,18). The molecule has 1 heterocycles. The molecule has 1 amide bonds. The Morgan fingerprint density at radius 3 is 2.33 bits per heavy atom. The van der Waals surface area contributed by atoms with Crippen LogP contribution >= 0.6 is 0 Å². The van der Waals surface area contributed by atoms with Crippen LogP contribution in [-0.4, -0.2) is 10.9 Å². The smallest absolute Gasteiger partial charge is 0.225 e. The fraction of sp³-hybridized carbons (Fsp3) is 0.571. The van der Waals surface area contributed by atoms with Crippen LogP contribution in [0.25, 0.3) is 0 Å². The lowest BCUT2D eigenvalue weighted by atomic mass is 9.60. The molecule has 0 aromatic carbocycles. The van der Waals surface area contributed by atoms with E-state index in [9.17, 15) is 4.79 Å². The van der Waals surface area contributed by atoms with Crippen LogP contribution in [-0.2, 0) is 10.3 Å². The van der Waals surface area contributed by atoms with E-state index >= 15 is 0 Å². The molecule has 18 heavy (non-hydrogen) atoms. The third-order valence-electron chi connectivity index (χ3n) is 4.45. The first kappa shape index (κ1) is 13.0. The summed E-state index contributed by atoms with van der Waals surface area (Å²) in [4.78, 5) is 16.0. The van der Waals surface area contributed by atoms with E-state index in [-0.39, 0.29) is 5.91 Å². The quantitative estimate of drug-likeness (QED) is 0.852. The van der Waals surface area contributed by atoms with Gasteiger partial charge >= 0.3 is 0 Å². The van der Waals surface area contributed by atoms with Crippen LogP contribution in [0.4, 0.5) is 0 Å². The predicted molar refractivity (Wildman–Crippen MR) is 70.5 cm³/mol. The largest absolute Gasteiger partial charge is 0.369 e. The number of pyridine rings is 1. The SMILES string of the molecule is CC(N)(c1ccncc1)C1(C(N)=O)CCCCC1. The molecule has 4 heteroatoms. The van der Waals surface area contributed by atoms with E-state index in [0.29, 0.717) is 0 Å². The van der Waals surface area contributed by atoms with Crippen molar-refractivity contribution in [1.82, 2.24) is 4.98 Å². The molecule has 1 unspecified atom stereocenters. The van der Waals surface area contributed by atoms with Gasteiger partial charge in [0, 0.05) is 12.4 Å². The Balaban J connectivity index is 2.44. The maximum absolute atomic E-state index is 12.0. The number of amides is 1. The van der Waals surface area contributed by atoms with E-state index in [1.807, 2.05) is 19.1 Å². The minimum absolute atomic E-state index is 0.274. The van der Waals surface area contributed by atoms with E-state index in [4.69, 9.17) is 11.5 Å². The average molecular weight is 247 g/mol. The number of nitrogens with zero attached hydrogens (tertiary/aromatic N) is 1. The monoisotopic (exact) mass is 247 g/mol. The molecular formula is C14H21N3O. The number of primary amides is 1. The van der Waals surface area contributed by atoms with Gasteiger partial charge in [-0.05, 0) is 37.5 Å². The van der Waals surface area contributed by atoms with Crippen molar-refractivity contribution < 1.29 is 4.79 Å². The first-order valence-electron chi connectivity index (χ1n) is 6.50. The summed E-state index contributed by atoms with van der Waals surface area (Å²) >= 11 is 0. The second-order valence-corrected chi connectivity index (χ2v) is 5.45. The normalized spacial score (nSPS) is 22.1. The zero-order valence-electron chi connectivity index (χ0n) is 10.9. The van der Waals surface area contributed by atoms with Crippen LogP contribution in [0.2, 0.25) is 0 Å². The van der Waals surface area contributed by atoms with Gasteiger partial charge in [0.2, 0.25) is 5.91 Å². The van der Waals surface area contributed by atoms with Gasteiger partial charge in [0.1, 0.15) is 0 Å². The predicted octanol–water partition coefficient (Wildman–Crippen LogP) is 1.69. The highest BCUT2D eigenvalue weighted by molar-refractivity contribution is 5.83. The Morgan fingerprint density at radius 2 is 1.83 bits per heavy atom. The van der Waals surface area contributed by atoms with Crippen LogP contribution in [0.1, 0.15) is 44.6 Å². The highest BCUT2D eigenvalue weighted by Gasteiger charge is 2.51. The van der Waals surface area contributed by atoms with Crippen LogP contribution in [0.15, 0.2) is 24.5 Å². The van der Waals surface area contributed by atoms with Crippen LogP contribution in [0, 0.1) is 5.41 Å². The van der Waals surface area contributed by atoms with Gasteiger partial charge in [0.15, 0.2) is 0 Å². The van der Waals surface area contributed by atoms with E-state index in [1.54, 1.807) is 12.4 Å². The molecule has 4 nitrogen and oxygen atoms in total. The molecule has 0 spiro atoms. The van der Waals surface area contributed by atoms with Crippen LogP contribution in [0.3, 0.4) is 0 Å². The first-order valence-corrected chi connectivity index (χ1v) is 6.50. The van der Waals surface area contributed by atoms with Crippen molar-refractivity contribution in [3.8, 4) is 0 Å². The second-order valence-electron chi connectivity index (χ2n) is 5.45. The molecule has 0 radical (unpaired) electrons. The third-order valence-corrected chi connectivity index (χ3v) is 4.45. The molecule has 1 fully saturated rings. The average Bonchev–Trinajstić information content (AvgIpc) is 2.40. The molecule has 0 saturated heterocycles. The minimum atomic E-state index is -0.734. The molecule has 2 rings (SSSR count). The fourth-order valence-corrected chi connectivity index (χ4v) is 3.15. The summed E-state index contributed by atoms with van der Waals surface area (Å²) < 4.78 is 0. The lowest BCUT2D eigenvalue weighted by Gasteiger charge is -2.46. The van der Waals surface area contributed by atoms with Gasteiger partial charge < -0.3 is 11.5 Å². The molecule has 0 aliphatic heterocycles. The Labute approximate surface area is 108 Å². The molecule has 98 valence electrons. The zero-order chi connectivity index (χ0) is 13.2. The van der Waals surface area contributed by atoms with Gasteiger partial charge in [-0.15, -0.1) is 0 Å². The van der Waals surface area contributed by atoms with Crippen molar-refractivity contribution in [3.63, 3.8) is 0 Å². The summed E-state index contributed by atoms with van der Waals surface area (Å²) in [5.74, 6) is -0.274. The van der Waals surface area contributed by atoms with Crippen molar-refractivity contribution in [2.24, 2.45) is 16.9 Å². The van der Waals surface area contributed by atoms with Gasteiger partial charge in [-0.2, -0.15) is 0 Å². The van der Waals surface area contributed by atoms with E-state index in [1.165, 1.54) is 0 Å². The van der Waals surface area contributed by atoms with Gasteiger partial charge in [-0.1, -0.05) is 19.3 Å². The van der Waals surface area contributed by atoms with Crippen molar-refractivity contribution in [1.29, 1.82) is 0 Å². The Kier molecular flexibility index (Phi) is 3.39. The van der Waals surface area contributed by atoms with Crippen molar-refractivity contribution in [2.75, 3.05) is 0 Å². The summed E-state index contributed by atoms with van der Waals surface area (Å²) in [5.41, 5.74) is 11.8. The summed E-state index contributed by atoms with van der Waals surface area (Å²) in [6, 6.07) is 3.75. The molecular weight excluding hydrogens is 226 g/mol. The topological polar surface area (TPSA) is 82.0 Å². The Hall–Kier alpha value is -1.42. The minimum Gasteiger partial charge on any atom is -0.369 e. The number of hydrogen-bond acceptors (Lipinski definition) is 3. The number of rotatable bonds is 3. The zero-order valence-corrected chi connectivity index (χ0v) is 10.9. The Bertz CT molecular complexity index is 422. The van der Waals surface area contributed by atoms with Gasteiger partial charge in [0.05, 0.1) is 11.0 Å². The van der Waals surface area contributed by atoms with Gasteiger partial charge in [-0.3, -0.25) is 9.78 Å². The maximum Gasteiger partial charge on any atom is 0.225 e. The summed E-state index contributed by atoms with van der Waals surface area (Å²) in [6.07, 6.45) is 8.15. The molecule has 1 saturated carbocycles. The number of nitrogens with two attached hydrogens (primary N) is 2. The Morgan fingerprint density at radius 1 is 1.28 bits per heavy atom. The van der Waals surface area contributed by atoms with E-state index in [0.717, 1.165) is 37.7 Å². The lowest BCUT2D eigenvalue weighted by molar-refractivity contribution is -0.134. The van der Waals surface area contributed by atoms with E-state index < -0.39 is 11.0 Å². The highest BCUT2D eigenvalue weighted by atomic mass is 16.1. The number of carbonyl (C=O) groups excluding carboxylic acids is 1. The maximum atomic E-state index is 12.0. The van der Waals surface area contributed by atoms with Crippen molar-refractivity contribution >= 4 is 5.91 Å². The van der Waals surface area contributed by atoms with E-state index in [2.05, 4.69) is 4.98 Å². The van der Waals surface area contributed by atoms with Crippen molar-refractivity contribution in [3.05, 3.63) is 30.1 Å². The number of carbonyl (C=O) groups is 1. The molecule has 4 N–H and O–H groups in total. The first-order chi connectivity index (χ1) is 8.51. The second kappa shape index (κ2) is 4.69. The number of aromatic nitrogens is 1. The molecule has 1 aliphatic carbocycles. The molecule has 0 bridgehead atoms. The van der Waals surface area contributed by atoms with Gasteiger partial charge in [0.25, 0.3) is 0 Å². The molecule has 1 aromatic heterocycles. The molecule has 1 atom stereocenters. The van der Waals surface area contributed by atoms with Gasteiger partial charge in [-0.25, -0.2) is 0 Å². The lowest BCUT2D eigenvalue weighted by Crippen LogP contribution is -2.58. The molecule has 1 aliphatic rings. The number of hydrogen-bond donors (Lipinski definition) is 2. The van der Waals surface area contributed by atoms with Crippen LogP contribution < -0.4 is 11.5 Å². The van der Waals surface area contributed by atoms with Crippen LogP contribution in [0.5, 0.6) is 0 Å². The highest BCUT2D eigenvalue weighted by Crippen LogP contribution is 2.48. The molecule has 1 aromatic rings. The summed E-state index contributed by atoms with van der Waals surface area (Å²) in [5, 5.41) is 0. The third kappa shape index (κ3) is 1.90.